The van der Waals surface area contributed by atoms with Crippen molar-refractivity contribution in [3.8, 4) is 0 Å². The standard InChI is InChI=1S/C13H23N3O2/c1-9-5-11(16-18-9)8-15-12(17)10(7-14)6-13(2,3)4/h5,10H,6-8,14H2,1-4H3,(H,15,17). The lowest BCUT2D eigenvalue weighted by atomic mass is 9.84. The van der Waals surface area contributed by atoms with Crippen LogP contribution in [0.25, 0.3) is 0 Å². The molecule has 0 aliphatic rings. The zero-order chi connectivity index (χ0) is 13.8. The highest BCUT2D eigenvalue weighted by atomic mass is 16.5. The number of hydrogen-bond donors (Lipinski definition) is 2. The first-order chi connectivity index (χ1) is 8.31. The van der Waals surface area contributed by atoms with Crippen molar-refractivity contribution in [1.29, 1.82) is 0 Å². The fourth-order valence-corrected chi connectivity index (χ4v) is 1.85. The van der Waals surface area contributed by atoms with E-state index in [4.69, 9.17) is 10.3 Å². The van der Waals surface area contributed by atoms with Gasteiger partial charge in [0.1, 0.15) is 11.5 Å². The molecule has 1 aromatic rings. The third-order valence-electron chi connectivity index (χ3n) is 2.63. The first-order valence-corrected chi connectivity index (χ1v) is 6.22. The number of rotatable bonds is 5. The first kappa shape index (κ1) is 14.7. The highest BCUT2D eigenvalue weighted by molar-refractivity contribution is 5.78. The lowest BCUT2D eigenvalue weighted by molar-refractivity contribution is -0.125. The lowest BCUT2D eigenvalue weighted by Gasteiger charge is -2.24. The molecule has 1 atom stereocenters. The summed E-state index contributed by atoms with van der Waals surface area (Å²) in [5.41, 5.74) is 6.48. The second-order valence-corrected chi connectivity index (χ2v) is 5.84. The number of nitrogens with zero attached hydrogens (tertiary/aromatic N) is 1. The number of nitrogens with two attached hydrogens (primary N) is 1. The maximum atomic E-state index is 12.0. The summed E-state index contributed by atoms with van der Waals surface area (Å²) in [5.74, 6) is 0.565. The van der Waals surface area contributed by atoms with Crippen molar-refractivity contribution in [2.45, 2.75) is 40.7 Å². The smallest absolute Gasteiger partial charge is 0.224 e. The molecule has 1 rings (SSSR count). The van der Waals surface area contributed by atoms with Crippen molar-refractivity contribution < 1.29 is 9.32 Å². The van der Waals surface area contributed by atoms with Crippen LogP contribution in [0.15, 0.2) is 10.6 Å². The van der Waals surface area contributed by atoms with Gasteiger partial charge in [-0.25, -0.2) is 0 Å². The molecule has 1 unspecified atom stereocenters. The number of carbonyl (C=O) groups excluding carboxylic acids is 1. The topological polar surface area (TPSA) is 81.2 Å². The molecule has 0 aliphatic carbocycles. The summed E-state index contributed by atoms with van der Waals surface area (Å²) in [7, 11) is 0. The quantitative estimate of drug-likeness (QED) is 0.835. The van der Waals surface area contributed by atoms with Crippen LogP contribution in [0.2, 0.25) is 0 Å². The van der Waals surface area contributed by atoms with E-state index in [-0.39, 0.29) is 17.2 Å². The Morgan fingerprint density at radius 1 is 1.56 bits per heavy atom. The summed E-state index contributed by atoms with van der Waals surface area (Å²) in [6, 6.07) is 1.81. The van der Waals surface area contributed by atoms with E-state index in [0.717, 1.165) is 17.9 Å². The minimum absolute atomic E-state index is 0.0203. The molecule has 3 N–H and O–H groups in total. The van der Waals surface area contributed by atoms with Crippen LogP contribution in [0.5, 0.6) is 0 Å². The van der Waals surface area contributed by atoms with Crippen LogP contribution in [-0.2, 0) is 11.3 Å². The molecule has 0 fully saturated rings. The van der Waals surface area contributed by atoms with Gasteiger partial charge in [0.05, 0.1) is 12.5 Å². The number of carbonyl (C=O) groups is 1. The molecule has 0 saturated carbocycles. The van der Waals surface area contributed by atoms with E-state index in [0.29, 0.717) is 13.1 Å². The van der Waals surface area contributed by atoms with Gasteiger partial charge in [-0.2, -0.15) is 0 Å². The van der Waals surface area contributed by atoms with Crippen molar-refractivity contribution in [3.63, 3.8) is 0 Å². The Bertz CT molecular complexity index is 393. The average molecular weight is 253 g/mol. The number of nitrogens with one attached hydrogen (secondary N) is 1. The Kier molecular flexibility index (Phi) is 4.90. The van der Waals surface area contributed by atoms with Crippen LogP contribution >= 0.6 is 0 Å². The van der Waals surface area contributed by atoms with Gasteiger partial charge < -0.3 is 15.6 Å². The normalized spacial score (nSPS) is 13.4. The maximum absolute atomic E-state index is 12.0. The fraction of sp³-hybridized carbons (Fsp3) is 0.692. The Hall–Kier alpha value is -1.36. The predicted molar refractivity (Wildman–Crippen MR) is 69.7 cm³/mol. The third-order valence-corrected chi connectivity index (χ3v) is 2.63. The molecular formula is C13H23N3O2. The van der Waals surface area contributed by atoms with Crippen LogP contribution in [0.3, 0.4) is 0 Å². The van der Waals surface area contributed by atoms with Crippen LogP contribution in [-0.4, -0.2) is 17.6 Å². The number of hydrogen-bond acceptors (Lipinski definition) is 4. The van der Waals surface area contributed by atoms with Crippen molar-refractivity contribution in [1.82, 2.24) is 10.5 Å². The lowest BCUT2D eigenvalue weighted by Crippen LogP contribution is -2.36. The largest absolute Gasteiger partial charge is 0.361 e. The Balaban J connectivity index is 2.47. The number of amides is 1. The summed E-state index contributed by atoms with van der Waals surface area (Å²) in [6.45, 7) is 8.87. The van der Waals surface area contributed by atoms with Gasteiger partial charge in [-0.15, -0.1) is 0 Å². The number of aryl methyl sites for hydroxylation is 1. The van der Waals surface area contributed by atoms with E-state index in [1.54, 1.807) is 0 Å². The summed E-state index contributed by atoms with van der Waals surface area (Å²) >= 11 is 0. The van der Waals surface area contributed by atoms with Crippen molar-refractivity contribution in [2.24, 2.45) is 17.1 Å². The van der Waals surface area contributed by atoms with Gasteiger partial charge in [-0.1, -0.05) is 25.9 Å². The van der Waals surface area contributed by atoms with Crippen LogP contribution in [0, 0.1) is 18.3 Å². The number of aromatic nitrogens is 1. The van der Waals surface area contributed by atoms with E-state index < -0.39 is 0 Å². The zero-order valence-corrected chi connectivity index (χ0v) is 11.6. The molecule has 0 bridgehead atoms. The molecule has 102 valence electrons. The van der Waals surface area contributed by atoms with Crippen molar-refractivity contribution >= 4 is 5.91 Å². The minimum atomic E-state index is -0.155. The predicted octanol–water partition coefficient (Wildman–Crippen LogP) is 1.61. The maximum Gasteiger partial charge on any atom is 0.224 e. The molecule has 0 aliphatic heterocycles. The second kappa shape index (κ2) is 6.00. The van der Waals surface area contributed by atoms with E-state index in [1.807, 2.05) is 13.0 Å². The molecule has 5 nitrogen and oxygen atoms in total. The molecule has 18 heavy (non-hydrogen) atoms. The summed E-state index contributed by atoms with van der Waals surface area (Å²) in [4.78, 5) is 12.0. The van der Waals surface area contributed by atoms with Crippen LogP contribution < -0.4 is 11.1 Å². The fourth-order valence-electron chi connectivity index (χ4n) is 1.85. The minimum Gasteiger partial charge on any atom is -0.361 e. The third kappa shape index (κ3) is 4.87. The van der Waals surface area contributed by atoms with E-state index in [2.05, 4.69) is 31.2 Å². The van der Waals surface area contributed by atoms with Gasteiger partial charge >= 0.3 is 0 Å². The highest BCUT2D eigenvalue weighted by Gasteiger charge is 2.23. The molecule has 0 radical (unpaired) electrons. The monoisotopic (exact) mass is 253 g/mol. The molecule has 0 aromatic carbocycles. The summed E-state index contributed by atoms with van der Waals surface area (Å²) in [6.07, 6.45) is 0.771. The van der Waals surface area contributed by atoms with Gasteiger partial charge in [0.25, 0.3) is 0 Å². The van der Waals surface area contributed by atoms with E-state index >= 15 is 0 Å². The SMILES string of the molecule is Cc1cc(CNC(=O)C(CN)CC(C)(C)C)no1. The molecule has 1 aromatic heterocycles. The van der Waals surface area contributed by atoms with Crippen molar-refractivity contribution in [3.05, 3.63) is 17.5 Å². The Morgan fingerprint density at radius 2 is 2.22 bits per heavy atom. The first-order valence-electron chi connectivity index (χ1n) is 6.22. The van der Waals surface area contributed by atoms with E-state index in [1.165, 1.54) is 0 Å². The molecular weight excluding hydrogens is 230 g/mol. The Labute approximate surface area is 108 Å². The van der Waals surface area contributed by atoms with Crippen molar-refractivity contribution in [2.75, 3.05) is 6.54 Å². The van der Waals surface area contributed by atoms with Gasteiger partial charge in [-0.05, 0) is 18.8 Å². The van der Waals surface area contributed by atoms with E-state index in [9.17, 15) is 4.79 Å². The molecule has 0 spiro atoms. The zero-order valence-electron chi connectivity index (χ0n) is 11.6. The van der Waals surface area contributed by atoms with Gasteiger partial charge in [0.2, 0.25) is 5.91 Å². The second-order valence-electron chi connectivity index (χ2n) is 5.84. The summed E-state index contributed by atoms with van der Waals surface area (Å²) in [5, 5.41) is 6.67. The molecule has 1 heterocycles. The molecule has 1 amide bonds. The van der Waals surface area contributed by atoms with Gasteiger partial charge in [0, 0.05) is 12.6 Å². The van der Waals surface area contributed by atoms with Gasteiger partial charge in [-0.3, -0.25) is 4.79 Å². The van der Waals surface area contributed by atoms with Crippen LogP contribution in [0.1, 0.15) is 38.6 Å². The average Bonchev–Trinajstić information content (AvgIpc) is 2.67. The molecule has 5 heteroatoms. The highest BCUT2D eigenvalue weighted by Crippen LogP contribution is 2.24. The Morgan fingerprint density at radius 3 is 2.67 bits per heavy atom. The molecule has 0 saturated heterocycles. The van der Waals surface area contributed by atoms with Crippen LogP contribution in [0.4, 0.5) is 0 Å². The van der Waals surface area contributed by atoms with Gasteiger partial charge in [0.15, 0.2) is 0 Å². The summed E-state index contributed by atoms with van der Waals surface area (Å²) < 4.78 is 4.94.